The van der Waals surface area contributed by atoms with E-state index in [0.29, 0.717) is 5.92 Å². The zero-order chi connectivity index (χ0) is 10.1. The van der Waals surface area contributed by atoms with Crippen LogP contribution in [0.25, 0.3) is 0 Å². The third-order valence-electron chi connectivity index (χ3n) is 3.62. The lowest BCUT2D eigenvalue weighted by molar-refractivity contribution is -0.119. The number of carbonyl (C=O) groups is 1. The van der Waals surface area contributed by atoms with E-state index < -0.39 is 4.84 Å². The number of hydrogen-bond acceptors (Lipinski definition) is 1. The predicted octanol–water partition coefficient (Wildman–Crippen LogP) is 2.34. The molecular weight excluding hydrogens is 221 g/mol. The van der Waals surface area contributed by atoms with Crippen molar-refractivity contribution in [1.82, 2.24) is 5.32 Å². The number of halogens is 2. The Kier molecular flexibility index (Phi) is 3.23. The lowest BCUT2D eigenvalue weighted by Crippen LogP contribution is -2.34. The first-order valence-electron chi connectivity index (χ1n) is 5.22. The summed E-state index contributed by atoms with van der Waals surface area (Å²) < 4.78 is 0. The summed E-state index contributed by atoms with van der Waals surface area (Å²) in [5.41, 5.74) is 0. The van der Waals surface area contributed by atoms with Crippen molar-refractivity contribution in [3.63, 3.8) is 0 Å². The molecule has 0 aromatic heterocycles. The predicted molar refractivity (Wildman–Crippen MR) is 57.4 cm³/mol. The van der Waals surface area contributed by atoms with Gasteiger partial charge in [0.2, 0.25) is 0 Å². The minimum absolute atomic E-state index is 0.254. The highest BCUT2D eigenvalue weighted by Crippen LogP contribution is 2.47. The largest absolute Gasteiger partial charge is 0.353 e. The van der Waals surface area contributed by atoms with Gasteiger partial charge in [-0.1, -0.05) is 29.6 Å². The maximum absolute atomic E-state index is 11.1. The number of fused-ring (bicyclic) bond motifs is 2. The molecule has 4 heteroatoms. The van der Waals surface area contributed by atoms with E-state index in [9.17, 15) is 4.79 Å². The van der Waals surface area contributed by atoms with Crippen molar-refractivity contribution in [3.8, 4) is 0 Å². The second-order valence-corrected chi connectivity index (χ2v) is 5.58. The highest BCUT2D eigenvalue weighted by molar-refractivity contribution is 6.53. The summed E-state index contributed by atoms with van der Waals surface area (Å²) in [5.74, 6) is 2.18. The van der Waals surface area contributed by atoms with E-state index >= 15 is 0 Å². The number of carbonyl (C=O) groups excluding carboxylic acids is 1. The highest BCUT2D eigenvalue weighted by atomic mass is 35.5. The molecule has 0 aromatic carbocycles. The van der Waals surface area contributed by atoms with Gasteiger partial charge in [0.25, 0.3) is 5.91 Å². The smallest absolute Gasteiger partial charge is 0.253 e. The molecule has 1 amide bonds. The van der Waals surface area contributed by atoms with E-state index in [4.69, 9.17) is 23.2 Å². The van der Waals surface area contributed by atoms with Crippen LogP contribution in [0.3, 0.4) is 0 Å². The molecule has 2 bridgehead atoms. The first kappa shape index (κ1) is 10.6. The maximum atomic E-state index is 11.1. The fourth-order valence-corrected chi connectivity index (χ4v) is 3.09. The van der Waals surface area contributed by atoms with Crippen LogP contribution in [0.4, 0.5) is 0 Å². The van der Waals surface area contributed by atoms with Crippen molar-refractivity contribution in [2.24, 2.45) is 17.8 Å². The minimum atomic E-state index is -0.923. The van der Waals surface area contributed by atoms with E-state index in [1.807, 2.05) is 0 Å². The van der Waals surface area contributed by atoms with Crippen LogP contribution in [0.2, 0.25) is 0 Å². The van der Waals surface area contributed by atoms with Crippen LogP contribution in [0.1, 0.15) is 25.7 Å². The summed E-state index contributed by atoms with van der Waals surface area (Å²) in [4.78, 5) is 10.2. The third kappa shape index (κ3) is 2.17. The van der Waals surface area contributed by atoms with Crippen LogP contribution in [-0.4, -0.2) is 17.3 Å². The third-order valence-corrected chi connectivity index (χ3v) is 4.02. The average Bonchev–Trinajstić information content (AvgIpc) is 2.74. The van der Waals surface area contributed by atoms with E-state index in [1.54, 1.807) is 0 Å². The zero-order valence-electron chi connectivity index (χ0n) is 8.01. The summed E-state index contributed by atoms with van der Waals surface area (Å²) in [6.07, 6.45) is 5.38. The molecule has 1 N–H and O–H groups in total. The number of amides is 1. The molecular formula is C10H15Cl2NO. The SMILES string of the molecule is O=C(NC[C@H]1C[C@@H]2CC[C@@H]1C2)C(Cl)Cl. The Morgan fingerprint density at radius 1 is 1.36 bits per heavy atom. The highest BCUT2D eigenvalue weighted by Gasteiger charge is 2.39. The summed E-state index contributed by atoms with van der Waals surface area (Å²) in [5, 5.41) is 2.81. The number of hydrogen-bond donors (Lipinski definition) is 1. The minimum Gasteiger partial charge on any atom is -0.353 e. The molecule has 0 unspecified atom stereocenters. The Morgan fingerprint density at radius 3 is 2.64 bits per heavy atom. The molecule has 0 aliphatic heterocycles. The van der Waals surface area contributed by atoms with E-state index in [1.165, 1.54) is 25.7 Å². The van der Waals surface area contributed by atoms with Gasteiger partial charge in [0.15, 0.2) is 4.84 Å². The van der Waals surface area contributed by atoms with Crippen LogP contribution in [0.5, 0.6) is 0 Å². The second-order valence-electron chi connectivity index (χ2n) is 4.48. The molecule has 0 aromatic rings. The van der Waals surface area contributed by atoms with Gasteiger partial charge in [-0.3, -0.25) is 4.79 Å². The van der Waals surface area contributed by atoms with Crippen LogP contribution >= 0.6 is 23.2 Å². The standard InChI is InChI=1S/C10H15Cl2NO/c11-9(12)10(14)13-5-8-4-6-1-2-7(8)3-6/h6-9H,1-5H2,(H,13,14)/t6-,7-,8-/m1/s1. The number of nitrogens with one attached hydrogen (secondary N) is 1. The van der Waals surface area contributed by atoms with Crippen LogP contribution < -0.4 is 5.32 Å². The molecule has 2 aliphatic carbocycles. The molecule has 14 heavy (non-hydrogen) atoms. The molecule has 3 atom stereocenters. The molecule has 2 nitrogen and oxygen atoms in total. The molecule has 2 aliphatic rings. The first-order valence-corrected chi connectivity index (χ1v) is 6.10. The second kappa shape index (κ2) is 4.28. The van der Waals surface area contributed by atoms with Gasteiger partial charge in [0.05, 0.1) is 0 Å². The van der Waals surface area contributed by atoms with Crippen molar-refractivity contribution in [2.45, 2.75) is 30.5 Å². The molecule has 2 saturated carbocycles. The molecule has 0 spiro atoms. The van der Waals surface area contributed by atoms with E-state index in [0.717, 1.165) is 18.4 Å². The van der Waals surface area contributed by atoms with Crippen molar-refractivity contribution in [3.05, 3.63) is 0 Å². The molecule has 0 heterocycles. The van der Waals surface area contributed by atoms with Gasteiger partial charge in [0, 0.05) is 6.54 Å². The summed E-state index contributed by atoms with van der Waals surface area (Å²) in [6.45, 7) is 0.760. The van der Waals surface area contributed by atoms with E-state index in [-0.39, 0.29) is 5.91 Å². The van der Waals surface area contributed by atoms with Crippen LogP contribution in [0.15, 0.2) is 0 Å². The lowest BCUT2D eigenvalue weighted by atomic mass is 9.89. The monoisotopic (exact) mass is 235 g/mol. The summed E-state index contributed by atoms with van der Waals surface area (Å²) in [6, 6.07) is 0. The van der Waals surface area contributed by atoms with Crippen molar-refractivity contribution in [1.29, 1.82) is 0 Å². The van der Waals surface area contributed by atoms with Crippen LogP contribution in [-0.2, 0) is 4.79 Å². The molecule has 2 rings (SSSR count). The quantitative estimate of drug-likeness (QED) is 0.748. The Morgan fingerprint density at radius 2 is 2.14 bits per heavy atom. The van der Waals surface area contributed by atoms with Crippen molar-refractivity contribution in [2.75, 3.05) is 6.54 Å². The fourth-order valence-electron chi connectivity index (χ4n) is 2.94. The van der Waals surface area contributed by atoms with Gasteiger partial charge in [-0.05, 0) is 37.0 Å². The Labute approximate surface area is 94.3 Å². The lowest BCUT2D eigenvalue weighted by Gasteiger charge is -2.21. The number of rotatable bonds is 3. The Balaban J connectivity index is 1.74. The zero-order valence-corrected chi connectivity index (χ0v) is 9.52. The van der Waals surface area contributed by atoms with Crippen LogP contribution in [0, 0.1) is 17.8 Å². The van der Waals surface area contributed by atoms with Gasteiger partial charge in [-0.15, -0.1) is 0 Å². The Bertz CT molecular complexity index is 232. The summed E-state index contributed by atoms with van der Waals surface area (Å²) in [7, 11) is 0. The topological polar surface area (TPSA) is 29.1 Å². The molecule has 80 valence electrons. The van der Waals surface area contributed by atoms with Gasteiger partial charge in [0.1, 0.15) is 0 Å². The normalized spacial score (nSPS) is 35.2. The maximum Gasteiger partial charge on any atom is 0.253 e. The van der Waals surface area contributed by atoms with Crippen molar-refractivity contribution >= 4 is 29.1 Å². The van der Waals surface area contributed by atoms with Gasteiger partial charge < -0.3 is 5.32 Å². The number of alkyl halides is 2. The van der Waals surface area contributed by atoms with Gasteiger partial charge in [-0.25, -0.2) is 0 Å². The fraction of sp³-hybridized carbons (Fsp3) is 0.900. The Hall–Kier alpha value is 0.0500. The van der Waals surface area contributed by atoms with Gasteiger partial charge in [-0.2, -0.15) is 0 Å². The summed E-state index contributed by atoms with van der Waals surface area (Å²) >= 11 is 10.9. The van der Waals surface area contributed by atoms with Gasteiger partial charge >= 0.3 is 0 Å². The molecule has 2 fully saturated rings. The van der Waals surface area contributed by atoms with E-state index in [2.05, 4.69) is 5.32 Å². The molecule has 0 saturated heterocycles. The van der Waals surface area contributed by atoms with Crippen molar-refractivity contribution < 1.29 is 4.79 Å². The average molecular weight is 236 g/mol. The first-order chi connectivity index (χ1) is 6.66. The molecule has 0 radical (unpaired) electrons.